The Morgan fingerprint density at radius 1 is 1.08 bits per heavy atom. The molecular weight excluding hydrogens is 338 g/mol. The number of esters is 1. The van der Waals surface area contributed by atoms with E-state index in [4.69, 9.17) is 9.15 Å². The average Bonchev–Trinajstić information content (AvgIpc) is 3.22. The Morgan fingerprint density at radius 2 is 1.88 bits per heavy atom. The van der Waals surface area contributed by atoms with E-state index < -0.39 is 18.5 Å². The first-order valence-corrected chi connectivity index (χ1v) is 7.55. The first kappa shape index (κ1) is 17.0. The second kappa shape index (κ2) is 7.84. The van der Waals surface area contributed by atoms with Crippen molar-refractivity contribution in [2.75, 3.05) is 11.9 Å². The van der Waals surface area contributed by atoms with Crippen molar-refractivity contribution >= 4 is 23.3 Å². The zero-order valence-electron chi connectivity index (χ0n) is 13.4. The Hall–Kier alpha value is -3.81. The van der Waals surface area contributed by atoms with Crippen LogP contribution in [0.15, 0.2) is 65.7 Å². The zero-order valence-corrected chi connectivity index (χ0v) is 13.4. The number of anilines is 1. The lowest BCUT2D eigenvalue weighted by atomic mass is 10.1. The maximum atomic E-state index is 12.1. The molecule has 0 aliphatic carbocycles. The second-order valence-corrected chi connectivity index (χ2v) is 5.10. The highest BCUT2D eigenvalue weighted by Crippen LogP contribution is 2.12. The molecule has 0 radical (unpaired) electrons. The third-order valence-corrected chi connectivity index (χ3v) is 3.32. The van der Waals surface area contributed by atoms with Gasteiger partial charge in [0, 0.05) is 23.6 Å². The summed E-state index contributed by atoms with van der Waals surface area (Å²) >= 11 is 0. The summed E-state index contributed by atoms with van der Waals surface area (Å²) in [6.07, 6.45) is 5.44. The zero-order chi connectivity index (χ0) is 18.4. The van der Waals surface area contributed by atoms with Crippen molar-refractivity contribution < 1.29 is 23.5 Å². The van der Waals surface area contributed by atoms with Crippen LogP contribution < -0.4 is 5.32 Å². The molecular formula is C18H13N3O5. The highest BCUT2D eigenvalue weighted by molar-refractivity contribution is 6.03. The van der Waals surface area contributed by atoms with Gasteiger partial charge in [0.25, 0.3) is 5.91 Å². The highest BCUT2D eigenvalue weighted by Gasteiger charge is 2.13. The molecule has 3 aromatic rings. The van der Waals surface area contributed by atoms with Gasteiger partial charge in [-0.1, -0.05) is 0 Å². The van der Waals surface area contributed by atoms with Crippen LogP contribution in [0.2, 0.25) is 0 Å². The summed E-state index contributed by atoms with van der Waals surface area (Å²) in [4.78, 5) is 43.2. The van der Waals surface area contributed by atoms with Crippen LogP contribution in [-0.2, 0) is 4.74 Å². The van der Waals surface area contributed by atoms with Gasteiger partial charge in [0.05, 0.1) is 12.5 Å². The number of carbonyl (C=O) groups is 3. The molecule has 2 heterocycles. The van der Waals surface area contributed by atoms with E-state index in [0.29, 0.717) is 11.3 Å². The van der Waals surface area contributed by atoms with Crippen LogP contribution >= 0.6 is 0 Å². The number of hydrogen-bond donors (Lipinski definition) is 1. The Labute approximate surface area is 147 Å². The van der Waals surface area contributed by atoms with Crippen molar-refractivity contribution in [2.24, 2.45) is 0 Å². The molecule has 8 nitrogen and oxygen atoms in total. The van der Waals surface area contributed by atoms with Crippen molar-refractivity contribution in [3.8, 4) is 0 Å². The van der Waals surface area contributed by atoms with E-state index in [-0.39, 0.29) is 17.2 Å². The van der Waals surface area contributed by atoms with Crippen LogP contribution in [-0.4, -0.2) is 34.2 Å². The summed E-state index contributed by atoms with van der Waals surface area (Å²) in [5.74, 6) is -1.33. The fourth-order valence-corrected chi connectivity index (χ4v) is 2.03. The minimum absolute atomic E-state index is 0.0243. The van der Waals surface area contributed by atoms with E-state index in [9.17, 15) is 14.4 Å². The highest BCUT2D eigenvalue weighted by atomic mass is 16.5. The minimum atomic E-state index is -0.728. The molecule has 0 aliphatic heterocycles. The van der Waals surface area contributed by atoms with Gasteiger partial charge in [-0.15, -0.1) is 0 Å². The standard InChI is InChI=1S/C18H13N3O5/c22-15(11-26-18(24)14-10-19-7-8-20-14)12-3-5-13(6-4-12)21-17(23)16-2-1-9-25-16/h1-10H,11H2,(H,21,23). The van der Waals surface area contributed by atoms with Crippen molar-refractivity contribution in [3.63, 3.8) is 0 Å². The molecule has 130 valence electrons. The molecule has 0 unspecified atom stereocenters. The van der Waals surface area contributed by atoms with Gasteiger partial charge < -0.3 is 14.5 Å². The quantitative estimate of drug-likeness (QED) is 0.536. The van der Waals surface area contributed by atoms with E-state index in [2.05, 4.69) is 15.3 Å². The molecule has 0 saturated heterocycles. The molecule has 3 rings (SSSR count). The number of carbonyl (C=O) groups excluding carboxylic acids is 3. The largest absolute Gasteiger partial charge is 0.459 e. The predicted octanol–water partition coefficient (Wildman–Crippen LogP) is 2.36. The fourth-order valence-electron chi connectivity index (χ4n) is 2.03. The molecule has 8 heteroatoms. The third kappa shape index (κ3) is 4.18. The van der Waals surface area contributed by atoms with E-state index in [1.54, 1.807) is 24.3 Å². The number of Topliss-reactive ketones (excluding diaryl/α,β-unsaturated/α-hetero) is 1. The smallest absolute Gasteiger partial charge is 0.358 e. The van der Waals surface area contributed by atoms with E-state index in [1.165, 1.54) is 37.0 Å². The van der Waals surface area contributed by atoms with E-state index in [1.807, 2.05) is 0 Å². The lowest BCUT2D eigenvalue weighted by molar-refractivity contribution is 0.0468. The van der Waals surface area contributed by atoms with Crippen molar-refractivity contribution in [3.05, 3.63) is 78.3 Å². The number of ketones is 1. The molecule has 2 aromatic heterocycles. The van der Waals surface area contributed by atoms with Crippen LogP contribution in [0, 0.1) is 0 Å². The molecule has 26 heavy (non-hydrogen) atoms. The second-order valence-electron chi connectivity index (χ2n) is 5.10. The number of rotatable bonds is 6. The Morgan fingerprint density at radius 3 is 2.54 bits per heavy atom. The maximum absolute atomic E-state index is 12.1. The lowest BCUT2D eigenvalue weighted by Crippen LogP contribution is -2.15. The number of aromatic nitrogens is 2. The molecule has 0 saturated carbocycles. The first-order chi connectivity index (χ1) is 12.6. The number of nitrogens with zero attached hydrogens (tertiary/aromatic N) is 2. The molecule has 1 N–H and O–H groups in total. The summed E-state index contributed by atoms with van der Waals surface area (Å²) in [5, 5.41) is 2.64. The molecule has 1 amide bonds. The minimum Gasteiger partial charge on any atom is -0.459 e. The summed E-state index contributed by atoms with van der Waals surface area (Å²) in [6.45, 7) is -0.423. The fraction of sp³-hybridized carbons (Fsp3) is 0.0556. The van der Waals surface area contributed by atoms with Gasteiger partial charge in [0.15, 0.2) is 23.8 Å². The van der Waals surface area contributed by atoms with Crippen LogP contribution in [0.5, 0.6) is 0 Å². The maximum Gasteiger partial charge on any atom is 0.358 e. The van der Waals surface area contributed by atoms with Crippen molar-refractivity contribution in [1.29, 1.82) is 0 Å². The molecule has 0 fully saturated rings. The number of ether oxygens (including phenoxy) is 1. The Balaban J connectivity index is 1.55. The topological polar surface area (TPSA) is 111 Å². The Bertz CT molecular complexity index is 906. The van der Waals surface area contributed by atoms with Gasteiger partial charge in [-0.25, -0.2) is 9.78 Å². The van der Waals surface area contributed by atoms with Crippen molar-refractivity contribution in [2.45, 2.75) is 0 Å². The van der Waals surface area contributed by atoms with Gasteiger partial charge in [0.2, 0.25) is 0 Å². The van der Waals surface area contributed by atoms with Crippen LogP contribution in [0.4, 0.5) is 5.69 Å². The lowest BCUT2D eigenvalue weighted by Gasteiger charge is -2.06. The summed E-state index contributed by atoms with van der Waals surface area (Å²) < 4.78 is 9.91. The van der Waals surface area contributed by atoms with Crippen LogP contribution in [0.1, 0.15) is 31.4 Å². The van der Waals surface area contributed by atoms with Gasteiger partial charge in [-0.05, 0) is 36.4 Å². The number of nitrogens with one attached hydrogen (secondary N) is 1. The van der Waals surface area contributed by atoms with Gasteiger partial charge >= 0.3 is 5.97 Å². The molecule has 0 aliphatic rings. The number of amides is 1. The van der Waals surface area contributed by atoms with Gasteiger partial charge in [0.1, 0.15) is 0 Å². The first-order valence-electron chi connectivity index (χ1n) is 7.55. The normalized spacial score (nSPS) is 10.2. The summed E-state index contributed by atoms with van der Waals surface area (Å²) in [6, 6.07) is 9.33. The van der Waals surface area contributed by atoms with Crippen LogP contribution in [0.3, 0.4) is 0 Å². The van der Waals surface area contributed by atoms with Gasteiger partial charge in [-0.3, -0.25) is 14.6 Å². The van der Waals surface area contributed by atoms with Crippen molar-refractivity contribution in [1.82, 2.24) is 9.97 Å². The van der Waals surface area contributed by atoms with E-state index in [0.717, 1.165) is 0 Å². The number of furan rings is 1. The summed E-state index contributed by atoms with van der Waals surface area (Å²) in [7, 11) is 0. The number of benzene rings is 1. The third-order valence-electron chi connectivity index (χ3n) is 3.32. The number of hydrogen-bond acceptors (Lipinski definition) is 7. The SMILES string of the molecule is O=C(COC(=O)c1cnccn1)c1ccc(NC(=O)c2ccco2)cc1. The summed E-state index contributed by atoms with van der Waals surface area (Å²) in [5.41, 5.74) is 0.865. The monoisotopic (exact) mass is 351 g/mol. The molecule has 0 spiro atoms. The van der Waals surface area contributed by atoms with Gasteiger partial charge in [-0.2, -0.15) is 0 Å². The Kier molecular flexibility index (Phi) is 5.14. The molecule has 0 bridgehead atoms. The predicted molar refractivity (Wildman–Crippen MR) is 89.7 cm³/mol. The van der Waals surface area contributed by atoms with E-state index >= 15 is 0 Å². The molecule has 0 atom stereocenters. The average molecular weight is 351 g/mol. The van der Waals surface area contributed by atoms with Crippen LogP contribution in [0.25, 0.3) is 0 Å². The molecule has 1 aromatic carbocycles.